The Morgan fingerprint density at radius 2 is 1.47 bits per heavy atom. The topological polar surface area (TPSA) is 67.9 Å². The van der Waals surface area contributed by atoms with Crippen LogP contribution in [0.1, 0.15) is 56.2 Å². The summed E-state index contributed by atoms with van der Waals surface area (Å²) in [5, 5.41) is 6.86. The number of nitrogens with zero attached hydrogens (tertiary/aromatic N) is 3. The summed E-state index contributed by atoms with van der Waals surface area (Å²) in [4.78, 5) is 32.0. The number of hydrogen-bond donors (Lipinski definition) is 2. The molecule has 0 saturated carbocycles. The summed E-state index contributed by atoms with van der Waals surface area (Å²) in [5.74, 6) is 0.0228. The van der Waals surface area contributed by atoms with E-state index in [0.717, 1.165) is 42.9 Å². The first-order chi connectivity index (χ1) is 20.9. The van der Waals surface area contributed by atoms with Gasteiger partial charge in [-0.05, 0) is 93.2 Å². The molecule has 2 heterocycles. The number of anilines is 3. The molecule has 3 aromatic rings. The minimum atomic E-state index is -0.203. The number of halogens is 2. The van der Waals surface area contributed by atoms with Gasteiger partial charge >= 0.3 is 6.03 Å². The van der Waals surface area contributed by atoms with Gasteiger partial charge in [0, 0.05) is 50.0 Å². The molecule has 0 radical (unpaired) electrons. The van der Waals surface area contributed by atoms with Gasteiger partial charge in [-0.2, -0.15) is 0 Å². The molecule has 3 amide bonds. The number of piperidine rings is 1. The van der Waals surface area contributed by atoms with Gasteiger partial charge in [0.15, 0.2) is 0 Å². The fourth-order valence-corrected chi connectivity index (χ4v) is 6.50. The van der Waals surface area contributed by atoms with Crippen molar-refractivity contribution in [2.24, 2.45) is 0 Å². The van der Waals surface area contributed by atoms with E-state index in [0.29, 0.717) is 48.3 Å². The quantitative estimate of drug-likeness (QED) is 0.255. The van der Waals surface area contributed by atoms with Crippen molar-refractivity contribution >= 4 is 52.2 Å². The van der Waals surface area contributed by atoms with Crippen LogP contribution in [0.3, 0.4) is 0 Å². The van der Waals surface area contributed by atoms with Crippen molar-refractivity contribution in [3.63, 3.8) is 0 Å². The Labute approximate surface area is 265 Å². The van der Waals surface area contributed by atoms with E-state index in [1.165, 1.54) is 24.8 Å². The fourth-order valence-electron chi connectivity index (χ4n) is 5.90. The van der Waals surface area contributed by atoms with E-state index in [2.05, 4.69) is 39.5 Å². The number of carbonyl (C=O) groups is 2. The van der Waals surface area contributed by atoms with E-state index >= 15 is 0 Å². The highest BCUT2D eigenvalue weighted by atomic mass is 35.5. The molecule has 0 spiro atoms. The number of rotatable bonds is 9. The third kappa shape index (κ3) is 8.43. The maximum atomic E-state index is 13.1. The summed E-state index contributed by atoms with van der Waals surface area (Å²) < 4.78 is 0. The van der Waals surface area contributed by atoms with E-state index in [4.69, 9.17) is 23.2 Å². The van der Waals surface area contributed by atoms with Crippen LogP contribution < -0.4 is 15.5 Å². The molecule has 9 heteroatoms. The van der Waals surface area contributed by atoms with Gasteiger partial charge < -0.3 is 20.4 Å². The van der Waals surface area contributed by atoms with Crippen molar-refractivity contribution in [1.29, 1.82) is 0 Å². The molecule has 7 nitrogen and oxygen atoms in total. The van der Waals surface area contributed by atoms with Crippen LogP contribution in [-0.4, -0.2) is 61.0 Å². The molecule has 0 aromatic heterocycles. The van der Waals surface area contributed by atoms with Crippen LogP contribution >= 0.6 is 23.2 Å². The third-order valence-electron chi connectivity index (χ3n) is 8.51. The number of benzene rings is 3. The Bertz CT molecular complexity index is 1350. The van der Waals surface area contributed by atoms with Crippen LogP contribution in [0.2, 0.25) is 10.0 Å². The monoisotopic (exact) mass is 621 g/mol. The Morgan fingerprint density at radius 3 is 2.12 bits per heavy atom. The lowest BCUT2D eigenvalue weighted by Crippen LogP contribution is -2.50. The second-order valence-electron chi connectivity index (χ2n) is 11.5. The lowest BCUT2D eigenvalue weighted by Gasteiger charge is -2.36. The smallest absolute Gasteiger partial charge is 0.322 e. The molecule has 2 aliphatic heterocycles. The molecule has 2 saturated heterocycles. The highest BCUT2D eigenvalue weighted by molar-refractivity contribution is 6.39. The molecule has 2 fully saturated rings. The van der Waals surface area contributed by atoms with Crippen molar-refractivity contribution in [3.8, 4) is 0 Å². The first-order valence-electron chi connectivity index (χ1n) is 15.3. The molecule has 1 atom stereocenters. The number of carbonyl (C=O) groups excluding carboxylic acids is 2. The lowest BCUT2D eigenvalue weighted by atomic mass is 10.0. The maximum absolute atomic E-state index is 13.1. The summed E-state index contributed by atoms with van der Waals surface area (Å²) in [6.07, 6.45) is 5.90. The average Bonchev–Trinajstić information content (AvgIpc) is 3.03. The molecule has 2 aliphatic rings. The predicted molar refractivity (Wildman–Crippen MR) is 178 cm³/mol. The molecule has 43 heavy (non-hydrogen) atoms. The van der Waals surface area contributed by atoms with Gasteiger partial charge in [-0.3, -0.25) is 9.69 Å². The Balaban J connectivity index is 1.08. The van der Waals surface area contributed by atoms with Crippen molar-refractivity contribution < 1.29 is 9.59 Å². The van der Waals surface area contributed by atoms with Crippen molar-refractivity contribution in [3.05, 3.63) is 87.9 Å². The SMILES string of the molecule is CC(c1cc(Cl)c(NC(=O)N2CCN(c3ccc(NC(=O)CCCc4ccccc4)cc3)CC2)c(Cl)c1)N1CCCCC1. The number of hydrogen-bond acceptors (Lipinski definition) is 4. The molecular weight excluding hydrogens is 581 g/mol. The van der Waals surface area contributed by atoms with Crippen molar-refractivity contribution in [2.75, 3.05) is 54.8 Å². The van der Waals surface area contributed by atoms with E-state index in [1.807, 2.05) is 54.6 Å². The molecule has 5 rings (SSSR count). The van der Waals surface area contributed by atoms with Crippen LogP contribution in [0.15, 0.2) is 66.7 Å². The normalized spacial score (nSPS) is 16.5. The molecule has 0 aliphatic carbocycles. The van der Waals surface area contributed by atoms with E-state index in [-0.39, 0.29) is 18.0 Å². The number of nitrogens with one attached hydrogen (secondary N) is 2. The lowest BCUT2D eigenvalue weighted by molar-refractivity contribution is -0.116. The fraction of sp³-hybridized carbons (Fsp3) is 0.412. The molecule has 3 aromatic carbocycles. The molecule has 228 valence electrons. The van der Waals surface area contributed by atoms with Crippen LogP contribution in [0.4, 0.5) is 21.9 Å². The van der Waals surface area contributed by atoms with Crippen LogP contribution in [0.25, 0.3) is 0 Å². The highest BCUT2D eigenvalue weighted by Crippen LogP contribution is 2.36. The number of amides is 3. The van der Waals surface area contributed by atoms with Crippen LogP contribution in [0, 0.1) is 0 Å². The summed E-state index contributed by atoms with van der Waals surface area (Å²) in [6, 6.07) is 22.0. The van der Waals surface area contributed by atoms with Gasteiger partial charge in [-0.25, -0.2) is 4.79 Å². The zero-order valence-corrected chi connectivity index (χ0v) is 26.3. The number of aryl methyl sites for hydroxylation is 1. The van der Waals surface area contributed by atoms with Gasteiger partial charge in [0.1, 0.15) is 0 Å². The molecule has 2 N–H and O–H groups in total. The van der Waals surface area contributed by atoms with Crippen LogP contribution in [0.5, 0.6) is 0 Å². The third-order valence-corrected chi connectivity index (χ3v) is 9.11. The molecule has 0 bridgehead atoms. The largest absolute Gasteiger partial charge is 0.368 e. The first-order valence-corrected chi connectivity index (χ1v) is 16.1. The standard InChI is InChI=1S/C34H41Cl2N5O2/c1-25(39-17-6-3-7-18-39)27-23-30(35)33(31(36)24-27)38-34(43)41-21-19-40(20-22-41)29-15-13-28(14-16-29)37-32(42)12-8-11-26-9-4-2-5-10-26/h2,4-5,9-10,13-16,23-25H,3,6-8,11-12,17-22H2,1H3,(H,37,42)(H,38,43). The molecule has 1 unspecified atom stereocenters. The number of piperazine rings is 1. The van der Waals surface area contributed by atoms with Gasteiger partial charge in [0.2, 0.25) is 5.91 Å². The van der Waals surface area contributed by atoms with Gasteiger partial charge in [-0.1, -0.05) is 60.0 Å². The zero-order chi connectivity index (χ0) is 30.2. The van der Waals surface area contributed by atoms with Crippen molar-refractivity contribution in [2.45, 2.75) is 51.5 Å². The van der Waals surface area contributed by atoms with Gasteiger partial charge in [0.05, 0.1) is 15.7 Å². The summed E-state index contributed by atoms with van der Waals surface area (Å²) in [6.45, 7) is 6.89. The number of urea groups is 1. The minimum Gasteiger partial charge on any atom is -0.368 e. The van der Waals surface area contributed by atoms with Crippen molar-refractivity contribution in [1.82, 2.24) is 9.80 Å². The Kier molecular flexibility index (Phi) is 10.8. The zero-order valence-electron chi connectivity index (χ0n) is 24.8. The highest BCUT2D eigenvalue weighted by Gasteiger charge is 2.24. The number of likely N-dealkylation sites (tertiary alicyclic amines) is 1. The van der Waals surface area contributed by atoms with Gasteiger partial charge in [0.25, 0.3) is 0 Å². The van der Waals surface area contributed by atoms with E-state index in [1.54, 1.807) is 4.90 Å². The second kappa shape index (κ2) is 15.0. The summed E-state index contributed by atoms with van der Waals surface area (Å²) >= 11 is 13.3. The molecular formula is C34H41Cl2N5O2. The van der Waals surface area contributed by atoms with Crippen LogP contribution in [-0.2, 0) is 11.2 Å². The summed E-state index contributed by atoms with van der Waals surface area (Å²) in [5.41, 5.74) is 4.63. The predicted octanol–water partition coefficient (Wildman–Crippen LogP) is 7.86. The average molecular weight is 623 g/mol. The minimum absolute atomic E-state index is 0.0228. The second-order valence-corrected chi connectivity index (χ2v) is 12.3. The Morgan fingerprint density at radius 1 is 0.814 bits per heavy atom. The Hall–Kier alpha value is -3.26. The first kappa shape index (κ1) is 31.2. The van der Waals surface area contributed by atoms with E-state index in [9.17, 15) is 9.59 Å². The summed E-state index contributed by atoms with van der Waals surface area (Å²) in [7, 11) is 0. The van der Waals surface area contributed by atoms with E-state index < -0.39 is 0 Å². The van der Waals surface area contributed by atoms with Gasteiger partial charge in [-0.15, -0.1) is 0 Å². The maximum Gasteiger partial charge on any atom is 0.322 e.